The third-order valence-corrected chi connectivity index (χ3v) is 2.85. The second kappa shape index (κ2) is 6.54. The standard InChI is InChI=1S/C16H20N2O3/c1-16(2,3)12-5-4-6-13(9-12)21-15-11-17-10-14(18-15)20-8-7-19/h4-6,9-11,19H,7-8H2,1-3H3. The van der Waals surface area contributed by atoms with Gasteiger partial charge in [-0.3, -0.25) is 4.98 Å². The molecule has 5 heteroatoms. The van der Waals surface area contributed by atoms with Crippen molar-refractivity contribution >= 4 is 0 Å². The predicted octanol–water partition coefficient (Wildman–Crippen LogP) is 2.94. The first-order valence-corrected chi connectivity index (χ1v) is 6.83. The Labute approximate surface area is 124 Å². The SMILES string of the molecule is CC(C)(C)c1cccc(Oc2cncc(OCCO)n2)c1. The average molecular weight is 288 g/mol. The fourth-order valence-electron chi connectivity index (χ4n) is 1.75. The van der Waals surface area contributed by atoms with Crippen molar-refractivity contribution in [3.05, 3.63) is 42.2 Å². The molecule has 0 fully saturated rings. The molecule has 0 aliphatic carbocycles. The van der Waals surface area contributed by atoms with Crippen LogP contribution in [0.15, 0.2) is 36.7 Å². The van der Waals surface area contributed by atoms with E-state index < -0.39 is 0 Å². The van der Waals surface area contributed by atoms with E-state index in [9.17, 15) is 0 Å². The van der Waals surface area contributed by atoms with E-state index in [1.54, 1.807) is 0 Å². The zero-order valence-corrected chi connectivity index (χ0v) is 12.5. The summed E-state index contributed by atoms with van der Waals surface area (Å²) in [5.74, 6) is 1.39. The van der Waals surface area contributed by atoms with Crippen LogP contribution < -0.4 is 9.47 Å². The minimum atomic E-state index is -0.0691. The highest BCUT2D eigenvalue weighted by atomic mass is 16.5. The highest BCUT2D eigenvalue weighted by Crippen LogP contribution is 2.27. The van der Waals surface area contributed by atoms with E-state index in [1.165, 1.54) is 18.0 Å². The van der Waals surface area contributed by atoms with Crippen molar-refractivity contribution < 1.29 is 14.6 Å². The van der Waals surface area contributed by atoms with Crippen LogP contribution in [0.1, 0.15) is 26.3 Å². The van der Waals surface area contributed by atoms with Crippen molar-refractivity contribution in [1.29, 1.82) is 0 Å². The maximum Gasteiger partial charge on any atom is 0.241 e. The minimum Gasteiger partial charge on any atom is -0.474 e. The van der Waals surface area contributed by atoms with Crippen LogP contribution in [0.25, 0.3) is 0 Å². The smallest absolute Gasteiger partial charge is 0.241 e. The normalized spacial score (nSPS) is 11.2. The van der Waals surface area contributed by atoms with Gasteiger partial charge in [0.2, 0.25) is 11.8 Å². The van der Waals surface area contributed by atoms with Crippen molar-refractivity contribution in [3.8, 4) is 17.5 Å². The lowest BCUT2D eigenvalue weighted by Gasteiger charge is -2.19. The van der Waals surface area contributed by atoms with Crippen molar-refractivity contribution in [2.75, 3.05) is 13.2 Å². The van der Waals surface area contributed by atoms with E-state index in [-0.39, 0.29) is 18.6 Å². The summed E-state index contributed by atoms with van der Waals surface area (Å²) >= 11 is 0. The van der Waals surface area contributed by atoms with Gasteiger partial charge in [0.15, 0.2) is 0 Å². The number of hydrogen-bond acceptors (Lipinski definition) is 5. The summed E-state index contributed by atoms with van der Waals surface area (Å²) in [6.07, 6.45) is 3.00. The van der Waals surface area contributed by atoms with Crippen LogP contribution in [-0.4, -0.2) is 28.3 Å². The van der Waals surface area contributed by atoms with E-state index in [0.29, 0.717) is 17.5 Å². The average Bonchev–Trinajstić information content (AvgIpc) is 2.45. The van der Waals surface area contributed by atoms with Crippen molar-refractivity contribution in [2.24, 2.45) is 0 Å². The molecule has 0 bridgehead atoms. The van der Waals surface area contributed by atoms with Gasteiger partial charge in [-0.2, -0.15) is 4.98 Å². The van der Waals surface area contributed by atoms with Crippen LogP contribution in [0.5, 0.6) is 17.5 Å². The molecule has 0 amide bonds. The van der Waals surface area contributed by atoms with Gasteiger partial charge >= 0.3 is 0 Å². The van der Waals surface area contributed by atoms with Crippen molar-refractivity contribution in [3.63, 3.8) is 0 Å². The number of nitrogens with zero attached hydrogens (tertiary/aromatic N) is 2. The molecule has 0 aliphatic heterocycles. The molecule has 112 valence electrons. The summed E-state index contributed by atoms with van der Waals surface area (Å²) in [6, 6.07) is 7.88. The number of benzene rings is 1. The summed E-state index contributed by atoms with van der Waals surface area (Å²) in [4.78, 5) is 8.19. The van der Waals surface area contributed by atoms with E-state index in [2.05, 4.69) is 36.8 Å². The van der Waals surface area contributed by atoms with Crippen LogP contribution in [0.4, 0.5) is 0 Å². The number of aliphatic hydroxyl groups excluding tert-OH is 1. The molecule has 0 saturated heterocycles. The first-order valence-electron chi connectivity index (χ1n) is 6.83. The number of rotatable bonds is 5. The molecule has 0 atom stereocenters. The van der Waals surface area contributed by atoms with Crippen LogP contribution in [0.3, 0.4) is 0 Å². The number of aliphatic hydroxyl groups is 1. The Morgan fingerprint density at radius 2 is 1.90 bits per heavy atom. The summed E-state index contributed by atoms with van der Waals surface area (Å²) < 4.78 is 10.9. The van der Waals surface area contributed by atoms with E-state index in [0.717, 1.165) is 0 Å². The Morgan fingerprint density at radius 1 is 1.14 bits per heavy atom. The summed E-state index contributed by atoms with van der Waals surface area (Å²) in [5, 5.41) is 8.73. The Balaban J connectivity index is 2.14. The zero-order chi connectivity index (χ0) is 15.3. The van der Waals surface area contributed by atoms with Gasteiger partial charge in [0.05, 0.1) is 19.0 Å². The fraction of sp³-hybridized carbons (Fsp3) is 0.375. The molecule has 2 aromatic rings. The highest BCUT2D eigenvalue weighted by Gasteiger charge is 2.14. The maximum atomic E-state index is 8.73. The predicted molar refractivity (Wildman–Crippen MR) is 79.8 cm³/mol. The van der Waals surface area contributed by atoms with Crippen LogP contribution in [-0.2, 0) is 5.41 Å². The molecule has 1 N–H and O–H groups in total. The van der Waals surface area contributed by atoms with E-state index in [1.807, 2.05) is 18.2 Å². The molecule has 0 saturated carbocycles. The van der Waals surface area contributed by atoms with Gasteiger partial charge in [-0.25, -0.2) is 0 Å². The third kappa shape index (κ3) is 4.43. The molecule has 0 radical (unpaired) electrons. The topological polar surface area (TPSA) is 64.5 Å². The molecule has 21 heavy (non-hydrogen) atoms. The summed E-state index contributed by atoms with van der Waals surface area (Å²) in [5.41, 5.74) is 1.23. The molecule has 0 unspecified atom stereocenters. The van der Waals surface area contributed by atoms with Gasteiger partial charge in [0.25, 0.3) is 0 Å². The minimum absolute atomic E-state index is 0.0527. The summed E-state index contributed by atoms with van der Waals surface area (Å²) in [6.45, 7) is 6.55. The molecule has 0 aliphatic rings. The third-order valence-electron chi connectivity index (χ3n) is 2.85. The highest BCUT2D eigenvalue weighted by molar-refractivity contribution is 5.34. The molecule has 1 aromatic carbocycles. The first kappa shape index (κ1) is 15.3. The van der Waals surface area contributed by atoms with E-state index in [4.69, 9.17) is 14.6 Å². The molecule has 5 nitrogen and oxygen atoms in total. The van der Waals surface area contributed by atoms with Crippen LogP contribution in [0.2, 0.25) is 0 Å². The van der Waals surface area contributed by atoms with Gasteiger partial charge in [-0.1, -0.05) is 32.9 Å². The molecular formula is C16H20N2O3. The lowest BCUT2D eigenvalue weighted by Crippen LogP contribution is -2.10. The second-order valence-electron chi connectivity index (χ2n) is 5.65. The molecule has 0 spiro atoms. The molecule has 1 aromatic heterocycles. The van der Waals surface area contributed by atoms with Gasteiger partial charge in [0.1, 0.15) is 12.4 Å². The Hall–Kier alpha value is -2.14. The van der Waals surface area contributed by atoms with Gasteiger partial charge in [-0.15, -0.1) is 0 Å². The first-order chi connectivity index (χ1) is 9.99. The number of hydrogen-bond donors (Lipinski definition) is 1. The second-order valence-corrected chi connectivity index (χ2v) is 5.65. The Bertz CT molecular complexity index is 594. The van der Waals surface area contributed by atoms with Crippen molar-refractivity contribution in [1.82, 2.24) is 9.97 Å². The lowest BCUT2D eigenvalue weighted by molar-refractivity contribution is 0.195. The maximum absolute atomic E-state index is 8.73. The molecule has 2 rings (SSSR count). The lowest BCUT2D eigenvalue weighted by atomic mass is 9.87. The zero-order valence-electron chi connectivity index (χ0n) is 12.5. The quantitative estimate of drug-likeness (QED) is 0.916. The van der Waals surface area contributed by atoms with Gasteiger partial charge < -0.3 is 14.6 Å². The van der Waals surface area contributed by atoms with E-state index >= 15 is 0 Å². The molecule has 1 heterocycles. The fourth-order valence-corrected chi connectivity index (χ4v) is 1.75. The Kier molecular flexibility index (Phi) is 4.75. The van der Waals surface area contributed by atoms with Crippen LogP contribution >= 0.6 is 0 Å². The molecular weight excluding hydrogens is 268 g/mol. The van der Waals surface area contributed by atoms with Crippen LogP contribution in [0, 0.1) is 0 Å². The summed E-state index contributed by atoms with van der Waals surface area (Å²) in [7, 11) is 0. The Morgan fingerprint density at radius 3 is 2.62 bits per heavy atom. The number of aromatic nitrogens is 2. The largest absolute Gasteiger partial charge is 0.474 e. The van der Waals surface area contributed by atoms with Gasteiger partial charge in [-0.05, 0) is 23.1 Å². The van der Waals surface area contributed by atoms with Crippen molar-refractivity contribution in [2.45, 2.75) is 26.2 Å². The monoisotopic (exact) mass is 288 g/mol. The van der Waals surface area contributed by atoms with Gasteiger partial charge in [0, 0.05) is 0 Å². The number of ether oxygens (including phenoxy) is 2.